The van der Waals surface area contributed by atoms with Crippen molar-refractivity contribution >= 4 is 17.5 Å². The molecule has 2 aromatic rings. The number of aryl methyl sites for hydroxylation is 1. The number of hydrogen-bond donors (Lipinski definition) is 0. The van der Waals surface area contributed by atoms with Gasteiger partial charge in [0.15, 0.2) is 0 Å². The van der Waals surface area contributed by atoms with Gasteiger partial charge in [-0.25, -0.2) is 9.97 Å². The van der Waals surface area contributed by atoms with E-state index in [9.17, 15) is 4.79 Å². The van der Waals surface area contributed by atoms with Gasteiger partial charge in [0, 0.05) is 64.0 Å². The first-order valence-corrected chi connectivity index (χ1v) is 10.5. The van der Waals surface area contributed by atoms with Crippen LogP contribution in [0.2, 0.25) is 0 Å². The SMILES string of the molecule is COc1cccc(C(=O)N2CCN(c3cc(N4CCN(C)CC4)nc(C)n3)CC2)c1. The number of nitrogens with zero attached hydrogens (tertiary/aromatic N) is 6. The number of ether oxygens (including phenoxy) is 1. The Morgan fingerprint density at radius 3 is 2.10 bits per heavy atom. The molecule has 1 aromatic carbocycles. The third kappa shape index (κ3) is 4.48. The molecule has 0 aliphatic carbocycles. The first-order chi connectivity index (χ1) is 14.5. The van der Waals surface area contributed by atoms with Gasteiger partial charge in [-0.2, -0.15) is 0 Å². The Morgan fingerprint density at radius 2 is 1.50 bits per heavy atom. The molecule has 0 radical (unpaired) electrons. The van der Waals surface area contributed by atoms with E-state index in [1.54, 1.807) is 13.2 Å². The third-order valence-electron chi connectivity index (χ3n) is 5.85. The molecule has 0 saturated carbocycles. The lowest BCUT2D eigenvalue weighted by Crippen LogP contribution is -2.49. The summed E-state index contributed by atoms with van der Waals surface area (Å²) in [4.78, 5) is 31.0. The van der Waals surface area contributed by atoms with Crippen molar-refractivity contribution in [1.82, 2.24) is 19.8 Å². The number of benzene rings is 1. The first-order valence-electron chi connectivity index (χ1n) is 10.5. The van der Waals surface area contributed by atoms with E-state index in [0.29, 0.717) is 24.4 Å². The van der Waals surface area contributed by atoms with E-state index in [0.717, 1.165) is 56.7 Å². The van der Waals surface area contributed by atoms with Crippen LogP contribution >= 0.6 is 0 Å². The van der Waals surface area contributed by atoms with E-state index in [-0.39, 0.29) is 5.91 Å². The Hall–Kier alpha value is -2.87. The number of rotatable bonds is 4. The second kappa shape index (κ2) is 8.87. The van der Waals surface area contributed by atoms with Gasteiger partial charge < -0.3 is 24.3 Å². The number of likely N-dealkylation sites (N-methyl/N-ethyl adjacent to an activating group) is 1. The Labute approximate surface area is 178 Å². The van der Waals surface area contributed by atoms with Crippen molar-refractivity contribution in [1.29, 1.82) is 0 Å². The zero-order chi connectivity index (χ0) is 21.1. The van der Waals surface area contributed by atoms with Crippen LogP contribution in [0, 0.1) is 6.92 Å². The highest BCUT2D eigenvalue weighted by Crippen LogP contribution is 2.22. The Balaban J connectivity index is 1.42. The zero-order valence-corrected chi connectivity index (χ0v) is 18.0. The largest absolute Gasteiger partial charge is 0.497 e. The van der Waals surface area contributed by atoms with Crippen LogP contribution in [0.1, 0.15) is 16.2 Å². The maximum Gasteiger partial charge on any atom is 0.254 e. The summed E-state index contributed by atoms with van der Waals surface area (Å²) in [5.41, 5.74) is 0.665. The van der Waals surface area contributed by atoms with Crippen LogP contribution in [0.3, 0.4) is 0 Å². The number of piperazine rings is 2. The molecule has 1 aromatic heterocycles. The van der Waals surface area contributed by atoms with Gasteiger partial charge in [-0.3, -0.25) is 4.79 Å². The van der Waals surface area contributed by atoms with Crippen molar-refractivity contribution in [3.63, 3.8) is 0 Å². The molecule has 30 heavy (non-hydrogen) atoms. The minimum absolute atomic E-state index is 0.0468. The average molecular weight is 411 g/mol. The topological polar surface area (TPSA) is 65.0 Å². The molecule has 3 heterocycles. The highest BCUT2D eigenvalue weighted by molar-refractivity contribution is 5.94. The smallest absolute Gasteiger partial charge is 0.254 e. The summed E-state index contributed by atoms with van der Waals surface area (Å²) < 4.78 is 5.25. The number of carbonyl (C=O) groups is 1. The molecule has 8 heteroatoms. The molecule has 2 aliphatic rings. The van der Waals surface area contributed by atoms with Gasteiger partial charge in [0.1, 0.15) is 23.2 Å². The second-order valence-electron chi connectivity index (χ2n) is 7.93. The van der Waals surface area contributed by atoms with Gasteiger partial charge in [-0.1, -0.05) is 6.07 Å². The lowest BCUT2D eigenvalue weighted by molar-refractivity contribution is 0.0746. The zero-order valence-electron chi connectivity index (χ0n) is 18.0. The molecule has 0 N–H and O–H groups in total. The predicted octanol–water partition coefficient (Wildman–Crippen LogP) is 1.51. The number of methoxy groups -OCH3 is 1. The summed E-state index contributed by atoms with van der Waals surface area (Å²) in [6, 6.07) is 9.44. The van der Waals surface area contributed by atoms with Crippen molar-refractivity contribution in [2.75, 3.05) is 76.3 Å². The lowest BCUT2D eigenvalue weighted by atomic mass is 10.1. The molecular weight excluding hydrogens is 380 g/mol. The Bertz CT molecular complexity index is 889. The Morgan fingerprint density at radius 1 is 0.900 bits per heavy atom. The summed E-state index contributed by atoms with van der Waals surface area (Å²) in [6.07, 6.45) is 0. The summed E-state index contributed by atoms with van der Waals surface area (Å²) >= 11 is 0. The van der Waals surface area contributed by atoms with Crippen LogP contribution < -0.4 is 14.5 Å². The number of hydrogen-bond acceptors (Lipinski definition) is 7. The molecule has 4 rings (SSSR count). The van der Waals surface area contributed by atoms with Gasteiger partial charge in [0.05, 0.1) is 7.11 Å². The van der Waals surface area contributed by atoms with Gasteiger partial charge in [-0.15, -0.1) is 0 Å². The molecular formula is C22H30N6O2. The molecule has 0 atom stereocenters. The van der Waals surface area contributed by atoms with E-state index in [4.69, 9.17) is 4.74 Å². The van der Waals surface area contributed by atoms with Crippen molar-refractivity contribution < 1.29 is 9.53 Å². The van der Waals surface area contributed by atoms with Crippen LogP contribution in [0.25, 0.3) is 0 Å². The molecule has 160 valence electrons. The van der Waals surface area contributed by atoms with E-state index < -0.39 is 0 Å². The fraction of sp³-hybridized carbons (Fsp3) is 0.500. The minimum Gasteiger partial charge on any atom is -0.497 e. The van der Waals surface area contributed by atoms with E-state index >= 15 is 0 Å². The van der Waals surface area contributed by atoms with E-state index in [1.807, 2.05) is 30.0 Å². The molecule has 1 amide bonds. The molecule has 0 spiro atoms. The Kier molecular flexibility index (Phi) is 6.03. The number of carbonyl (C=O) groups excluding carboxylic acids is 1. The normalized spacial score (nSPS) is 17.9. The quantitative estimate of drug-likeness (QED) is 0.757. The second-order valence-corrected chi connectivity index (χ2v) is 7.93. The number of anilines is 2. The molecule has 2 aliphatic heterocycles. The number of aromatic nitrogens is 2. The molecule has 0 unspecified atom stereocenters. The van der Waals surface area contributed by atoms with Crippen LogP contribution in [0.5, 0.6) is 5.75 Å². The van der Waals surface area contributed by atoms with Crippen LogP contribution in [0.4, 0.5) is 11.6 Å². The first kappa shape index (κ1) is 20.4. The minimum atomic E-state index is 0.0468. The lowest BCUT2D eigenvalue weighted by Gasteiger charge is -2.37. The van der Waals surface area contributed by atoms with Crippen LogP contribution in [-0.4, -0.2) is 92.2 Å². The van der Waals surface area contributed by atoms with Crippen molar-refractivity contribution in [3.05, 3.63) is 41.7 Å². The maximum absolute atomic E-state index is 12.9. The van der Waals surface area contributed by atoms with Crippen molar-refractivity contribution in [2.45, 2.75) is 6.92 Å². The van der Waals surface area contributed by atoms with Gasteiger partial charge in [0.25, 0.3) is 5.91 Å². The summed E-state index contributed by atoms with van der Waals surface area (Å²) in [7, 11) is 3.77. The van der Waals surface area contributed by atoms with Crippen molar-refractivity contribution in [2.24, 2.45) is 0 Å². The summed E-state index contributed by atoms with van der Waals surface area (Å²) in [5, 5.41) is 0. The van der Waals surface area contributed by atoms with Gasteiger partial charge in [-0.05, 0) is 32.2 Å². The molecule has 0 bridgehead atoms. The summed E-state index contributed by atoms with van der Waals surface area (Å²) in [5.74, 6) is 3.49. The number of amides is 1. The maximum atomic E-state index is 12.9. The predicted molar refractivity (Wildman–Crippen MR) is 118 cm³/mol. The summed E-state index contributed by atoms with van der Waals surface area (Å²) in [6.45, 7) is 8.86. The molecule has 8 nitrogen and oxygen atoms in total. The van der Waals surface area contributed by atoms with Crippen LogP contribution in [-0.2, 0) is 0 Å². The standard InChI is InChI=1S/C22H30N6O2/c1-17-23-20(26-9-7-25(2)8-10-26)16-21(24-17)27-11-13-28(14-12-27)22(29)18-5-4-6-19(15-18)30-3/h4-6,15-16H,7-14H2,1-3H3. The van der Waals surface area contributed by atoms with Crippen LogP contribution in [0.15, 0.2) is 30.3 Å². The molecule has 2 saturated heterocycles. The van der Waals surface area contributed by atoms with E-state index in [1.165, 1.54) is 0 Å². The fourth-order valence-electron chi connectivity index (χ4n) is 3.97. The van der Waals surface area contributed by atoms with Crippen molar-refractivity contribution in [3.8, 4) is 5.75 Å². The van der Waals surface area contributed by atoms with Gasteiger partial charge in [0.2, 0.25) is 0 Å². The monoisotopic (exact) mass is 410 g/mol. The highest BCUT2D eigenvalue weighted by atomic mass is 16.5. The third-order valence-corrected chi connectivity index (χ3v) is 5.85. The van der Waals surface area contributed by atoms with Gasteiger partial charge >= 0.3 is 0 Å². The average Bonchev–Trinajstić information content (AvgIpc) is 2.79. The highest BCUT2D eigenvalue weighted by Gasteiger charge is 2.24. The molecule has 2 fully saturated rings. The fourth-order valence-corrected chi connectivity index (χ4v) is 3.97. The van der Waals surface area contributed by atoms with E-state index in [2.05, 4.69) is 37.8 Å².